The number of nitro benzene ring substituents is 1. The van der Waals surface area contributed by atoms with E-state index in [0.29, 0.717) is 23.5 Å². The van der Waals surface area contributed by atoms with E-state index in [-0.39, 0.29) is 17.5 Å². The first-order valence-corrected chi connectivity index (χ1v) is 7.61. The van der Waals surface area contributed by atoms with Crippen molar-refractivity contribution >= 4 is 33.1 Å². The molecule has 1 heterocycles. The summed E-state index contributed by atoms with van der Waals surface area (Å²) >= 11 is 1.34. The van der Waals surface area contributed by atoms with Gasteiger partial charge >= 0.3 is 0 Å². The largest absolute Gasteiger partial charge is 0.383 e. The summed E-state index contributed by atoms with van der Waals surface area (Å²) in [6, 6.07) is 4.63. The number of amides is 1. The molecular formula is C14H17N3O4S. The van der Waals surface area contributed by atoms with E-state index in [2.05, 4.69) is 4.99 Å². The average molecular weight is 323 g/mol. The molecule has 0 unspecified atom stereocenters. The molecule has 0 radical (unpaired) electrons. The number of hydrogen-bond acceptors (Lipinski definition) is 5. The lowest BCUT2D eigenvalue weighted by atomic mass is 10.2. The number of fused-ring (bicyclic) bond motifs is 1. The van der Waals surface area contributed by atoms with E-state index in [1.807, 2.05) is 0 Å². The first-order chi connectivity index (χ1) is 10.4. The van der Waals surface area contributed by atoms with Crippen molar-refractivity contribution in [3.63, 3.8) is 0 Å². The molecule has 7 nitrogen and oxygen atoms in total. The monoisotopic (exact) mass is 323 g/mol. The summed E-state index contributed by atoms with van der Waals surface area (Å²) in [6.07, 6.45) is 0. The number of non-ortho nitro benzene ring substituents is 1. The van der Waals surface area contributed by atoms with Gasteiger partial charge in [-0.25, -0.2) is 0 Å². The maximum Gasteiger partial charge on any atom is 0.271 e. The van der Waals surface area contributed by atoms with E-state index in [4.69, 9.17) is 4.74 Å². The Kier molecular flexibility index (Phi) is 5.04. The zero-order valence-electron chi connectivity index (χ0n) is 12.6. The fourth-order valence-electron chi connectivity index (χ4n) is 1.88. The standard InChI is InChI=1S/C14H17N3O4S/c1-9(2)13(18)15-14-16(6-7-21-3)11-8-10(17(19)20)4-5-12(11)22-14/h4-5,8-9H,6-7H2,1-3H3. The Labute approximate surface area is 131 Å². The lowest BCUT2D eigenvalue weighted by molar-refractivity contribution is -0.384. The van der Waals surface area contributed by atoms with E-state index in [1.54, 1.807) is 31.6 Å². The maximum atomic E-state index is 11.9. The third kappa shape index (κ3) is 3.40. The average Bonchev–Trinajstić information content (AvgIpc) is 2.81. The van der Waals surface area contributed by atoms with Crippen LogP contribution in [0.2, 0.25) is 0 Å². The molecule has 0 bridgehead atoms. The fourth-order valence-corrected chi connectivity index (χ4v) is 2.92. The molecular weight excluding hydrogens is 306 g/mol. The summed E-state index contributed by atoms with van der Waals surface area (Å²) in [5.41, 5.74) is 0.699. The molecule has 1 aromatic heterocycles. The summed E-state index contributed by atoms with van der Waals surface area (Å²) in [7, 11) is 1.58. The molecule has 0 aliphatic heterocycles. The van der Waals surface area contributed by atoms with Crippen LogP contribution in [0.25, 0.3) is 10.2 Å². The summed E-state index contributed by atoms with van der Waals surface area (Å²) in [4.78, 5) is 27.1. The third-order valence-corrected chi connectivity index (χ3v) is 4.15. The second-order valence-corrected chi connectivity index (χ2v) is 6.05. The first-order valence-electron chi connectivity index (χ1n) is 6.79. The van der Waals surface area contributed by atoms with Crippen molar-refractivity contribution in [3.8, 4) is 0 Å². The number of rotatable bonds is 5. The smallest absolute Gasteiger partial charge is 0.271 e. The van der Waals surface area contributed by atoms with E-state index in [0.717, 1.165) is 4.70 Å². The van der Waals surface area contributed by atoms with Gasteiger partial charge in [0, 0.05) is 31.7 Å². The molecule has 0 saturated heterocycles. The van der Waals surface area contributed by atoms with Crippen molar-refractivity contribution in [2.24, 2.45) is 10.9 Å². The minimum Gasteiger partial charge on any atom is -0.383 e. The van der Waals surface area contributed by atoms with Crippen LogP contribution >= 0.6 is 11.3 Å². The molecule has 22 heavy (non-hydrogen) atoms. The van der Waals surface area contributed by atoms with Crippen LogP contribution in [0.5, 0.6) is 0 Å². The Bertz CT molecular complexity index is 776. The minimum atomic E-state index is -0.437. The number of methoxy groups -OCH3 is 1. The van der Waals surface area contributed by atoms with Gasteiger partial charge in [0.05, 0.1) is 21.7 Å². The van der Waals surface area contributed by atoms with Gasteiger partial charge in [0.2, 0.25) is 0 Å². The highest BCUT2D eigenvalue weighted by Gasteiger charge is 2.13. The number of ether oxygens (including phenoxy) is 1. The van der Waals surface area contributed by atoms with Crippen LogP contribution in [-0.4, -0.2) is 29.1 Å². The topological polar surface area (TPSA) is 86.7 Å². The molecule has 2 rings (SSSR count). The van der Waals surface area contributed by atoms with Gasteiger partial charge in [-0.1, -0.05) is 25.2 Å². The predicted octanol–water partition coefficient (Wildman–Crippen LogP) is 2.34. The normalized spacial score (nSPS) is 12.3. The summed E-state index contributed by atoms with van der Waals surface area (Å²) in [5, 5.41) is 10.9. The van der Waals surface area contributed by atoms with Gasteiger partial charge < -0.3 is 9.30 Å². The summed E-state index contributed by atoms with van der Waals surface area (Å²) in [5.74, 6) is -0.414. The second-order valence-electron chi connectivity index (χ2n) is 5.04. The van der Waals surface area contributed by atoms with E-state index >= 15 is 0 Å². The second kappa shape index (κ2) is 6.80. The van der Waals surface area contributed by atoms with Gasteiger partial charge in [0.1, 0.15) is 0 Å². The zero-order chi connectivity index (χ0) is 16.3. The number of nitrogens with zero attached hydrogens (tertiary/aromatic N) is 3. The fraction of sp³-hybridized carbons (Fsp3) is 0.429. The molecule has 0 aliphatic carbocycles. The van der Waals surface area contributed by atoms with Crippen LogP contribution in [0.3, 0.4) is 0 Å². The number of benzene rings is 1. The van der Waals surface area contributed by atoms with E-state index < -0.39 is 4.92 Å². The number of thiazole rings is 1. The molecule has 0 spiro atoms. The van der Waals surface area contributed by atoms with E-state index in [1.165, 1.54) is 23.5 Å². The molecule has 1 aromatic carbocycles. The van der Waals surface area contributed by atoms with Crippen molar-refractivity contribution in [2.45, 2.75) is 20.4 Å². The Morgan fingerprint density at radius 2 is 2.23 bits per heavy atom. The molecule has 1 amide bonds. The predicted molar refractivity (Wildman–Crippen MR) is 83.8 cm³/mol. The maximum absolute atomic E-state index is 11.9. The highest BCUT2D eigenvalue weighted by molar-refractivity contribution is 7.16. The van der Waals surface area contributed by atoms with Crippen LogP contribution in [0, 0.1) is 16.0 Å². The molecule has 0 saturated carbocycles. The lowest BCUT2D eigenvalue weighted by Gasteiger charge is -2.04. The zero-order valence-corrected chi connectivity index (χ0v) is 13.4. The quantitative estimate of drug-likeness (QED) is 0.624. The molecule has 0 aliphatic rings. The molecule has 0 N–H and O–H groups in total. The number of aromatic nitrogens is 1. The van der Waals surface area contributed by atoms with Gasteiger partial charge in [0.15, 0.2) is 4.80 Å². The summed E-state index contributed by atoms with van der Waals surface area (Å²) < 4.78 is 7.71. The lowest BCUT2D eigenvalue weighted by Crippen LogP contribution is -2.20. The van der Waals surface area contributed by atoms with Gasteiger partial charge in [-0.2, -0.15) is 4.99 Å². The van der Waals surface area contributed by atoms with Crippen LogP contribution < -0.4 is 4.80 Å². The van der Waals surface area contributed by atoms with Gasteiger partial charge in [-0.3, -0.25) is 14.9 Å². The molecule has 0 fully saturated rings. The number of carbonyl (C=O) groups is 1. The van der Waals surface area contributed by atoms with Crippen LogP contribution in [0.15, 0.2) is 23.2 Å². The SMILES string of the molecule is COCCn1c(=NC(=O)C(C)C)sc2ccc([N+](=O)[O-])cc21. The number of carbonyl (C=O) groups excluding carboxylic acids is 1. The summed E-state index contributed by atoms with van der Waals surface area (Å²) in [6.45, 7) is 4.46. The van der Waals surface area contributed by atoms with Crippen molar-refractivity contribution in [2.75, 3.05) is 13.7 Å². The van der Waals surface area contributed by atoms with E-state index in [9.17, 15) is 14.9 Å². The third-order valence-electron chi connectivity index (χ3n) is 3.10. The molecule has 2 aromatic rings. The molecule has 0 atom stereocenters. The Morgan fingerprint density at radius 3 is 2.82 bits per heavy atom. The Morgan fingerprint density at radius 1 is 1.50 bits per heavy atom. The Balaban J connectivity index is 2.64. The highest BCUT2D eigenvalue weighted by Crippen LogP contribution is 2.23. The van der Waals surface area contributed by atoms with Crippen molar-refractivity contribution in [3.05, 3.63) is 33.1 Å². The first kappa shape index (κ1) is 16.3. The van der Waals surface area contributed by atoms with Crippen LogP contribution in [0.4, 0.5) is 5.69 Å². The molecule has 118 valence electrons. The van der Waals surface area contributed by atoms with Crippen molar-refractivity contribution in [1.29, 1.82) is 0 Å². The van der Waals surface area contributed by atoms with Crippen LogP contribution in [-0.2, 0) is 16.1 Å². The minimum absolute atomic E-state index is 0.0122. The molecule has 8 heteroatoms. The number of nitro groups is 1. The van der Waals surface area contributed by atoms with Gasteiger partial charge in [-0.05, 0) is 6.07 Å². The van der Waals surface area contributed by atoms with Crippen LogP contribution in [0.1, 0.15) is 13.8 Å². The Hall–Kier alpha value is -2.06. The van der Waals surface area contributed by atoms with Crippen molar-refractivity contribution < 1.29 is 14.5 Å². The van der Waals surface area contributed by atoms with Gasteiger partial charge in [0.25, 0.3) is 11.6 Å². The highest BCUT2D eigenvalue weighted by atomic mass is 32.1. The van der Waals surface area contributed by atoms with Crippen molar-refractivity contribution in [1.82, 2.24) is 4.57 Å². The van der Waals surface area contributed by atoms with Gasteiger partial charge in [-0.15, -0.1) is 0 Å². The number of hydrogen-bond donors (Lipinski definition) is 0.